The molecular weight excluding hydrogens is 289 g/mol. The van der Waals surface area contributed by atoms with Crippen molar-refractivity contribution >= 4 is 17.4 Å². The predicted octanol–water partition coefficient (Wildman–Crippen LogP) is 4.93. The maximum Gasteiger partial charge on any atom is 0.417 e. The second kappa shape index (κ2) is 5.71. The molecule has 0 saturated heterocycles. The fourth-order valence-corrected chi connectivity index (χ4v) is 2.07. The molecule has 1 unspecified atom stereocenters. The Morgan fingerprint density at radius 3 is 2.40 bits per heavy atom. The molecule has 6 heteroatoms. The topological polar surface area (TPSA) is 24.9 Å². The molecule has 0 spiro atoms. The molecule has 0 aliphatic heterocycles. The molecule has 0 bridgehead atoms. The van der Waals surface area contributed by atoms with Crippen molar-refractivity contribution in [2.45, 2.75) is 19.1 Å². The van der Waals surface area contributed by atoms with Crippen LogP contribution in [0.4, 0.5) is 19.0 Å². The van der Waals surface area contributed by atoms with Gasteiger partial charge in [-0.25, -0.2) is 4.98 Å². The lowest BCUT2D eigenvalue weighted by atomic mass is 10.1. The molecule has 0 radical (unpaired) electrons. The molecule has 1 N–H and O–H groups in total. The Bertz CT molecular complexity index is 582. The van der Waals surface area contributed by atoms with Gasteiger partial charge in [0.25, 0.3) is 0 Å². The Morgan fingerprint density at radius 1 is 1.15 bits per heavy atom. The molecule has 2 rings (SSSR count). The first-order valence-electron chi connectivity index (χ1n) is 5.92. The SMILES string of the molecule is CC(Nc1ccc(C(F)(F)F)cn1)c1ccccc1Cl. The molecule has 1 heterocycles. The zero-order valence-electron chi connectivity index (χ0n) is 10.6. The van der Waals surface area contributed by atoms with E-state index in [0.29, 0.717) is 10.8 Å². The summed E-state index contributed by atoms with van der Waals surface area (Å²) in [5, 5.41) is 3.61. The number of rotatable bonds is 3. The van der Waals surface area contributed by atoms with E-state index in [1.807, 2.05) is 25.1 Å². The van der Waals surface area contributed by atoms with Crippen LogP contribution in [0.25, 0.3) is 0 Å². The Hall–Kier alpha value is -1.75. The Balaban J connectivity index is 2.13. The molecule has 20 heavy (non-hydrogen) atoms. The Labute approximate surface area is 119 Å². The smallest absolute Gasteiger partial charge is 0.363 e. The van der Waals surface area contributed by atoms with E-state index >= 15 is 0 Å². The zero-order valence-corrected chi connectivity index (χ0v) is 11.3. The van der Waals surface area contributed by atoms with Crippen LogP contribution < -0.4 is 5.32 Å². The number of hydrogen-bond acceptors (Lipinski definition) is 2. The summed E-state index contributed by atoms with van der Waals surface area (Å²) in [6, 6.07) is 9.41. The van der Waals surface area contributed by atoms with E-state index in [2.05, 4.69) is 10.3 Å². The van der Waals surface area contributed by atoms with E-state index in [1.54, 1.807) is 6.07 Å². The quantitative estimate of drug-likeness (QED) is 0.869. The molecule has 1 atom stereocenters. The van der Waals surface area contributed by atoms with Crippen LogP contribution in [0.3, 0.4) is 0 Å². The molecule has 0 aliphatic rings. The molecule has 0 saturated carbocycles. The van der Waals surface area contributed by atoms with E-state index in [9.17, 15) is 13.2 Å². The van der Waals surface area contributed by atoms with Crippen molar-refractivity contribution in [2.24, 2.45) is 0 Å². The van der Waals surface area contributed by atoms with E-state index in [-0.39, 0.29) is 6.04 Å². The standard InChI is InChI=1S/C14H12ClF3N2/c1-9(11-4-2-3-5-12(11)15)20-13-7-6-10(8-19-13)14(16,17)18/h2-9H,1H3,(H,19,20). The Kier molecular flexibility index (Phi) is 4.18. The number of anilines is 1. The lowest BCUT2D eigenvalue weighted by Crippen LogP contribution is -2.10. The van der Waals surface area contributed by atoms with Crippen LogP contribution in [0.1, 0.15) is 24.1 Å². The zero-order chi connectivity index (χ0) is 14.8. The molecular formula is C14H12ClF3N2. The van der Waals surface area contributed by atoms with Gasteiger partial charge in [-0.05, 0) is 30.7 Å². The lowest BCUT2D eigenvalue weighted by Gasteiger charge is -2.16. The molecule has 1 aromatic carbocycles. The van der Waals surface area contributed by atoms with E-state index in [0.717, 1.165) is 17.8 Å². The summed E-state index contributed by atoms with van der Waals surface area (Å²) in [4.78, 5) is 3.77. The second-order valence-electron chi connectivity index (χ2n) is 4.32. The highest BCUT2D eigenvalue weighted by atomic mass is 35.5. The summed E-state index contributed by atoms with van der Waals surface area (Å²) in [6.45, 7) is 1.86. The number of nitrogens with one attached hydrogen (secondary N) is 1. The maximum atomic E-state index is 12.4. The first kappa shape index (κ1) is 14.7. The van der Waals surface area contributed by atoms with E-state index < -0.39 is 11.7 Å². The summed E-state index contributed by atoms with van der Waals surface area (Å²) in [5.74, 6) is 0.366. The van der Waals surface area contributed by atoms with Crippen molar-refractivity contribution in [3.8, 4) is 0 Å². The van der Waals surface area contributed by atoms with Gasteiger partial charge >= 0.3 is 6.18 Å². The second-order valence-corrected chi connectivity index (χ2v) is 4.72. The number of halogens is 4. The lowest BCUT2D eigenvalue weighted by molar-refractivity contribution is -0.137. The molecule has 0 amide bonds. The van der Waals surface area contributed by atoms with Gasteiger partial charge < -0.3 is 5.32 Å². The van der Waals surface area contributed by atoms with Gasteiger partial charge in [-0.2, -0.15) is 13.2 Å². The molecule has 2 nitrogen and oxygen atoms in total. The van der Waals surface area contributed by atoms with Gasteiger partial charge in [0.15, 0.2) is 0 Å². The predicted molar refractivity (Wildman–Crippen MR) is 72.7 cm³/mol. The molecule has 1 aromatic heterocycles. The van der Waals surface area contributed by atoms with Crippen LogP contribution >= 0.6 is 11.6 Å². The normalized spacial score (nSPS) is 13.1. The van der Waals surface area contributed by atoms with Gasteiger partial charge in [-0.15, -0.1) is 0 Å². The summed E-state index contributed by atoms with van der Waals surface area (Å²) in [7, 11) is 0. The number of hydrogen-bond donors (Lipinski definition) is 1. The van der Waals surface area contributed by atoms with Crippen molar-refractivity contribution in [3.63, 3.8) is 0 Å². The number of aromatic nitrogens is 1. The van der Waals surface area contributed by atoms with Crippen molar-refractivity contribution in [1.29, 1.82) is 0 Å². The average molecular weight is 301 g/mol. The highest BCUT2D eigenvalue weighted by molar-refractivity contribution is 6.31. The third-order valence-electron chi connectivity index (χ3n) is 2.83. The van der Waals surface area contributed by atoms with Crippen LogP contribution in [0.5, 0.6) is 0 Å². The minimum Gasteiger partial charge on any atom is -0.363 e. The Morgan fingerprint density at radius 2 is 1.85 bits per heavy atom. The average Bonchev–Trinajstić information content (AvgIpc) is 2.38. The highest BCUT2D eigenvalue weighted by Gasteiger charge is 2.30. The first-order chi connectivity index (χ1) is 9.38. The number of alkyl halides is 3. The number of benzene rings is 1. The monoisotopic (exact) mass is 300 g/mol. The molecule has 0 aliphatic carbocycles. The van der Waals surface area contributed by atoms with Gasteiger partial charge in [-0.3, -0.25) is 0 Å². The summed E-state index contributed by atoms with van der Waals surface area (Å²) in [6.07, 6.45) is -3.57. The van der Waals surface area contributed by atoms with Crippen LogP contribution in [-0.2, 0) is 6.18 Å². The number of pyridine rings is 1. The van der Waals surface area contributed by atoms with E-state index in [1.165, 1.54) is 6.07 Å². The molecule has 2 aromatic rings. The van der Waals surface area contributed by atoms with Crippen LogP contribution in [0, 0.1) is 0 Å². The van der Waals surface area contributed by atoms with Crippen LogP contribution in [-0.4, -0.2) is 4.98 Å². The summed E-state index contributed by atoms with van der Waals surface area (Å²) < 4.78 is 37.3. The van der Waals surface area contributed by atoms with Crippen molar-refractivity contribution < 1.29 is 13.2 Å². The minimum absolute atomic E-state index is 0.159. The van der Waals surface area contributed by atoms with Gasteiger partial charge in [0.1, 0.15) is 5.82 Å². The van der Waals surface area contributed by atoms with Crippen LogP contribution in [0.2, 0.25) is 5.02 Å². The van der Waals surface area contributed by atoms with Crippen molar-refractivity contribution in [2.75, 3.05) is 5.32 Å². The van der Waals surface area contributed by atoms with Gasteiger partial charge in [0.05, 0.1) is 11.6 Å². The summed E-state index contributed by atoms with van der Waals surface area (Å²) in [5.41, 5.74) is 0.0873. The van der Waals surface area contributed by atoms with Crippen molar-refractivity contribution in [3.05, 3.63) is 58.7 Å². The summed E-state index contributed by atoms with van der Waals surface area (Å²) >= 11 is 6.06. The van der Waals surface area contributed by atoms with Crippen molar-refractivity contribution in [1.82, 2.24) is 4.98 Å². The third-order valence-corrected chi connectivity index (χ3v) is 3.17. The van der Waals surface area contributed by atoms with E-state index in [4.69, 9.17) is 11.6 Å². The molecule has 106 valence electrons. The largest absolute Gasteiger partial charge is 0.417 e. The highest BCUT2D eigenvalue weighted by Crippen LogP contribution is 2.30. The fourth-order valence-electron chi connectivity index (χ4n) is 1.77. The van der Waals surface area contributed by atoms with Gasteiger partial charge in [-0.1, -0.05) is 29.8 Å². The third kappa shape index (κ3) is 3.42. The number of nitrogens with zero attached hydrogens (tertiary/aromatic N) is 1. The minimum atomic E-state index is -4.38. The fraction of sp³-hybridized carbons (Fsp3) is 0.214. The maximum absolute atomic E-state index is 12.4. The molecule has 0 fully saturated rings. The van der Waals surface area contributed by atoms with Gasteiger partial charge in [0, 0.05) is 11.2 Å². The van der Waals surface area contributed by atoms with Crippen LogP contribution in [0.15, 0.2) is 42.6 Å². The van der Waals surface area contributed by atoms with Gasteiger partial charge in [0.2, 0.25) is 0 Å². The first-order valence-corrected chi connectivity index (χ1v) is 6.30.